The first-order valence-electron chi connectivity index (χ1n) is 6.70. The van der Waals surface area contributed by atoms with Gasteiger partial charge in [-0.2, -0.15) is 0 Å². The minimum Gasteiger partial charge on any atom is -0.383 e. The van der Waals surface area contributed by atoms with Crippen LogP contribution < -0.4 is 0 Å². The standard InChI is InChI=1S/C15H21ClN2O/c1-5-12(9-19-4)18-14-10(2)7-6-8-13(14)17-15(18)11(3)16/h6-8,11-12H,5,9H2,1-4H3. The van der Waals surface area contributed by atoms with Crippen LogP contribution in [0.15, 0.2) is 18.2 Å². The highest BCUT2D eigenvalue weighted by Crippen LogP contribution is 2.31. The molecular weight excluding hydrogens is 260 g/mol. The Hall–Kier alpha value is -1.06. The molecule has 104 valence electrons. The first-order chi connectivity index (χ1) is 9.10. The zero-order chi connectivity index (χ0) is 14.0. The highest BCUT2D eigenvalue weighted by molar-refractivity contribution is 6.20. The molecule has 1 aromatic heterocycles. The third kappa shape index (κ3) is 2.63. The van der Waals surface area contributed by atoms with E-state index in [4.69, 9.17) is 21.3 Å². The van der Waals surface area contributed by atoms with Crippen LogP contribution in [0, 0.1) is 6.92 Å². The Bertz CT molecular complexity index is 563. The summed E-state index contributed by atoms with van der Waals surface area (Å²) in [6, 6.07) is 6.46. The van der Waals surface area contributed by atoms with Gasteiger partial charge in [-0.05, 0) is 31.9 Å². The summed E-state index contributed by atoms with van der Waals surface area (Å²) in [7, 11) is 1.73. The first-order valence-corrected chi connectivity index (χ1v) is 7.14. The van der Waals surface area contributed by atoms with Crippen molar-refractivity contribution in [2.75, 3.05) is 13.7 Å². The van der Waals surface area contributed by atoms with Crippen molar-refractivity contribution in [2.24, 2.45) is 0 Å². The average Bonchev–Trinajstić information content (AvgIpc) is 2.77. The number of hydrogen-bond acceptors (Lipinski definition) is 2. The summed E-state index contributed by atoms with van der Waals surface area (Å²) in [6.07, 6.45) is 0.990. The van der Waals surface area contributed by atoms with Crippen LogP contribution in [0.1, 0.15) is 43.1 Å². The quantitative estimate of drug-likeness (QED) is 0.766. The molecule has 0 saturated heterocycles. The summed E-state index contributed by atoms with van der Waals surface area (Å²) >= 11 is 6.31. The molecule has 2 rings (SSSR count). The van der Waals surface area contributed by atoms with E-state index in [9.17, 15) is 0 Å². The third-order valence-electron chi connectivity index (χ3n) is 3.49. The molecule has 4 heteroatoms. The molecule has 0 spiro atoms. The monoisotopic (exact) mass is 280 g/mol. The highest BCUT2D eigenvalue weighted by atomic mass is 35.5. The van der Waals surface area contributed by atoms with Crippen LogP contribution in [0.5, 0.6) is 0 Å². The Balaban J connectivity index is 2.69. The topological polar surface area (TPSA) is 27.1 Å². The van der Waals surface area contributed by atoms with Crippen molar-refractivity contribution in [2.45, 2.75) is 38.6 Å². The van der Waals surface area contributed by atoms with Gasteiger partial charge in [0.25, 0.3) is 0 Å². The van der Waals surface area contributed by atoms with Gasteiger partial charge in [0.2, 0.25) is 0 Å². The molecule has 1 aromatic carbocycles. The number of nitrogens with zero attached hydrogens (tertiary/aromatic N) is 2. The minimum atomic E-state index is -0.113. The number of ether oxygens (including phenoxy) is 1. The van der Waals surface area contributed by atoms with Crippen molar-refractivity contribution in [3.05, 3.63) is 29.6 Å². The summed E-state index contributed by atoms with van der Waals surface area (Å²) in [5, 5.41) is -0.113. The van der Waals surface area contributed by atoms with Crippen molar-refractivity contribution in [3.8, 4) is 0 Å². The lowest BCUT2D eigenvalue weighted by atomic mass is 10.1. The van der Waals surface area contributed by atoms with Crippen molar-refractivity contribution in [3.63, 3.8) is 0 Å². The molecule has 0 bridgehead atoms. The second kappa shape index (κ2) is 5.93. The van der Waals surface area contributed by atoms with E-state index < -0.39 is 0 Å². The maximum Gasteiger partial charge on any atom is 0.128 e. The molecule has 2 aromatic rings. The fourth-order valence-electron chi connectivity index (χ4n) is 2.56. The predicted molar refractivity (Wildman–Crippen MR) is 79.9 cm³/mol. The molecule has 19 heavy (non-hydrogen) atoms. The summed E-state index contributed by atoms with van der Waals surface area (Å²) in [6.45, 7) is 6.92. The van der Waals surface area contributed by atoms with Crippen molar-refractivity contribution >= 4 is 22.6 Å². The largest absolute Gasteiger partial charge is 0.383 e. The van der Waals surface area contributed by atoms with E-state index in [1.807, 2.05) is 19.1 Å². The van der Waals surface area contributed by atoms with Gasteiger partial charge >= 0.3 is 0 Å². The van der Waals surface area contributed by atoms with Crippen LogP contribution in [0.2, 0.25) is 0 Å². The van der Waals surface area contributed by atoms with Crippen LogP contribution in [0.3, 0.4) is 0 Å². The van der Waals surface area contributed by atoms with Gasteiger partial charge in [-0.15, -0.1) is 11.6 Å². The zero-order valence-electron chi connectivity index (χ0n) is 12.0. The number of fused-ring (bicyclic) bond motifs is 1. The first kappa shape index (κ1) is 14.4. The molecule has 2 unspecified atom stereocenters. The van der Waals surface area contributed by atoms with Gasteiger partial charge in [0.15, 0.2) is 0 Å². The van der Waals surface area contributed by atoms with Gasteiger partial charge in [-0.1, -0.05) is 19.1 Å². The number of para-hydroxylation sites is 1. The van der Waals surface area contributed by atoms with E-state index in [0.717, 1.165) is 17.8 Å². The van der Waals surface area contributed by atoms with Crippen LogP contribution in [0.25, 0.3) is 11.0 Å². The lowest BCUT2D eigenvalue weighted by Crippen LogP contribution is -2.17. The fraction of sp³-hybridized carbons (Fsp3) is 0.533. The fourth-order valence-corrected chi connectivity index (χ4v) is 2.71. The Morgan fingerprint density at radius 1 is 1.42 bits per heavy atom. The van der Waals surface area contributed by atoms with Crippen molar-refractivity contribution in [1.29, 1.82) is 0 Å². The Labute approximate surface area is 119 Å². The summed E-state index contributed by atoms with van der Waals surface area (Å²) < 4.78 is 7.61. The summed E-state index contributed by atoms with van der Waals surface area (Å²) in [4.78, 5) is 4.70. The molecular formula is C15H21ClN2O. The number of hydrogen-bond donors (Lipinski definition) is 0. The number of imidazole rings is 1. The maximum absolute atomic E-state index is 6.31. The Morgan fingerprint density at radius 3 is 2.74 bits per heavy atom. The van der Waals surface area contributed by atoms with Gasteiger partial charge in [-0.3, -0.25) is 0 Å². The molecule has 1 heterocycles. The number of alkyl halides is 1. The van der Waals surface area contributed by atoms with Gasteiger partial charge in [-0.25, -0.2) is 4.98 Å². The SMILES string of the molecule is CCC(COC)n1c(C(C)Cl)nc2cccc(C)c21. The predicted octanol–water partition coefficient (Wildman–Crippen LogP) is 4.24. The second-order valence-electron chi connectivity index (χ2n) is 4.92. The Morgan fingerprint density at radius 2 is 2.16 bits per heavy atom. The number of aromatic nitrogens is 2. The van der Waals surface area contributed by atoms with E-state index in [-0.39, 0.29) is 11.4 Å². The highest BCUT2D eigenvalue weighted by Gasteiger charge is 2.21. The Kier molecular flexibility index (Phi) is 4.48. The van der Waals surface area contributed by atoms with Gasteiger partial charge in [0.1, 0.15) is 5.82 Å². The van der Waals surface area contributed by atoms with Gasteiger partial charge in [0.05, 0.1) is 29.1 Å². The lowest BCUT2D eigenvalue weighted by molar-refractivity contribution is 0.153. The molecule has 0 aliphatic carbocycles. The number of aryl methyl sites for hydroxylation is 1. The number of benzene rings is 1. The zero-order valence-corrected chi connectivity index (χ0v) is 12.7. The molecule has 2 atom stereocenters. The van der Waals surface area contributed by atoms with Crippen LogP contribution in [0.4, 0.5) is 0 Å². The summed E-state index contributed by atoms with van der Waals surface area (Å²) in [5.41, 5.74) is 3.41. The number of methoxy groups -OCH3 is 1. The molecule has 0 aliphatic rings. The lowest BCUT2D eigenvalue weighted by Gasteiger charge is -2.21. The van der Waals surface area contributed by atoms with Gasteiger partial charge in [0, 0.05) is 7.11 Å². The van der Waals surface area contributed by atoms with E-state index in [1.54, 1.807) is 7.11 Å². The van der Waals surface area contributed by atoms with Crippen molar-refractivity contribution in [1.82, 2.24) is 9.55 Å². The number of halogens is 1. The van der Waals surface area contributed by atoms with E-state index in [1.165, 1.54) is 11.1 Å². The minimum absolute atomic E-state index is 0.113. The van der Waals surface area contributed by atoms with Crippen LogP contribution in [-0.2, 0) is 4.74 Å². The van der Waals surface area contributed by atoms with Crippen molar-refractivity contribution < 1.29 is 4.74 Å². The summed E-state index contributed by atoms with van der Waals surface area (Å²) in [5.74, 6) is 0.926. The smallest absolute Gasteiger partial charge is 0.128 e. The second-order valence-corrected chi connectivity index (χ2v) is 5.57. The molecule has 3 nitrogen and oxygen atoms in total. The number of rotatable bonds is 5. The maximum atomic E-state index is 6.31. The van der Waals surface area contributed by atoms with E-state index in [2.05, 4.69) is 24.5 Å². The van der Waals surface area contributed by atoms with E-state index in [0.29, 0.717) is 6.61 Å². The molecule has 0 amide bonds. The van der Waals surface area contributed by atoms with Crippen LogP contribution >= 0.6 is 11.6 Å². The van der Waals surface area contributed by atoms with E-state index >= 15 is 0 Å². The van der Waals surface area contributed by atoms with Crippen LogP contribution in [-0.4, -0.2) is 23.3 Å². The molecule has 0 radical (unpaired) electrons. The van der Waals surface area contributed by atoms with Gasteiger partial charge < -0.3 is 9.30 Å². The molecule has 0 N–H and O–H groups in total. The normalized spacial score (nSPS) is 14.8. The molecule has 0 fully saturated rings. The average molecular weight is 281 g/mol. The molecule has 0 saturated carbocycles. The third-order valence-corrected chi connectivity index (χ3v) is 3.69. The molecule has 0 aliphatic heterocycles.